The van der Waals surface area contributed by atoms with E-state index in [1.165, 1.54) is 89.7 Å². The van der Waals surface area contributed by atoms with Crippen molar-refractivity contribution >= 4 is 24.8 Å². The molecule has 5 aromatic carbocycles. The van der Waals surface area contributed by atoms with E-state index in [0.717, 1.165) is 0 Å². The third kappa shape index (κ3) is 10.3. The van der Waals surface area contributed by atoms with Gasteiger partial charge in [0.1, 0.15) is 0 Å². The topological polar surface area (TPSA) is 0 Å². The summed E-state index contributed by atoms with van der Waals surface area (Å²) in [5, 5.41) is 5.46. The van der Waals surface area contributed by atoms with Crippen LogP contribution in [0.2, 0.25) is 0 Å². The molecule has 0 fully saturated rings. The quantitative estimate of drug-likeness (QED) is 0.237. The van der Waals surface area contributed by atoms with Crippen LogP contribution in [0.15, 0.2) is 121 Å². The average molecular weight is 685 g/mol. The molecule has 5 aromatic rings. The van der Waals surface area contributed by atoms with E-state index >= 15 is 0 Å². The van der Waals surface area contributed by atoms with Crippen molar-refractivity contribution in [1.82, 2.24) is 0 Å². The van der Waals surface area contributed by atoms with Gasteiger partial charge in [0, 0.05) is 0 Å². The molecular weight excluding hydrogens is 643 g/mol. The second kappa shape index (κ2) is 17.2. The molecule has 0 saturated heterocycles. The molecule has 0 aliphatic heterocycles. The molecule has 6 rings (SSSR count). The number of fused-ring (bicyclic) bond motifs is 3. The minimum absolute atomic E-state index is 0. The van der Waals surface area contributed by atoms with Gasteiger partial charge in [-0.15, -0.1) is 39.7 Å². The van der Waals surface area contributed by atoms with Gasteiger partial charge in [-0.3, -0.25) is 6.08 Å². The Morgan fingerprint density at radius 3 is 1.60 bits per heavy atom. The molecule has 1 aliphatic carbocycles. The summed E-state index contributed by atoms with van der Waals surface area (Å²) in [7, 11) is 0. The molecule has 0 bridgehead atoms. The summed E-state index contributed by atoms with van der Waals surface area (Å²) in [6, 6.07) is 36.7. The van der Waals surface area contributed by atoms with Gasteiger partial charge in [0.25, 0.3) is 0 Å². The van der Waals surface area contributed by atoms with Crippen molar-refractivity contribution in [2.75, 3.05) is 0 Å². The van der Waals surface area contributed by atoms with Crippen molar-refractivity contribution in [2.24, 2.45) is 11.3 Å². The van der Waals surface area contributed by atoms with Gasteiger partial charge in [0.05, 0.1) is 0 Å². The number of aryl methyl sites for hydroxylation is 2. The molecule has 1 atom stereocenters. The predicted molar refractivity (Wildman–Crippen MR) is 176 cm³/mol. The Balaban J connectivity index is 0.000000222. The third-order valence-electron chi connectivity index (χ3n) is 7.44. The van der Waals surface area contributed by atoms with Gasteiger partial charge in [0.15, 0.2) is 0 Å². The van der Waals surface area contributed by atoms with Gasteiger partial charge in [-0.05, 0) is 13.8 Å². The first-order valence-electron chi connectivity index (χ1n) is 14.7. The molecule has 0 nitrogen and oxygen atoms in total. The summed E-state index contributed by atoms with van der Waals surface area (Å²) < 4.78 is 1.42. The summed E-state index contributed by atoms with van der Waals surface area (Å²) in [4.78, 5) is 0. The van der Waals surface area contributed by atoms with E-state index in [9.17, 15) is 0 Å². The summed E-state index contributed by atoms with van der Waals surface area (Å²) >= 11 is 1.46. The third-order valence-corrected chi connectivity index (χ3v) is 8.86. The van der Waals surface area contributed by atoms with Crippen molar-refractivity contribution in [3.8, 4) is 0 Å². The van der Waals surface area contributed by atoms with Crippen LogP contribution in [-0.4, -0.2) is 3.21 Å². The van der Waals surface area contributed by atoms with Crippen LogP contribution in [0.5, 0.6) is 0 Å². The van der Waals surface area contributed by atoms with E-state index in [4.69, 9.17) is 0 Å². The van der Waals surface area contributed by atoms with Crippen LogP contribution in [0.4, 0.5) is 0 Å². The van der Waals surface area contributed by atoms with Crippen molar-refractivity contribution in [3.63, 3.8) is 0 Å². The summed E-state index contributed by atoms with van der Waals surface area (Å²) in [6.45, 7) is 13.3. The first-order valence-corrected chi connectivity index (χ1v) is 16.0. The van der Waals surface area contributed by atoms with Gasteiger partial charge in [-0.1, -0.05) is 87.3 Å². The van der Waals surface area contributed by atoms with Crippen LogP contribution >= 0.6 is 0 Å². The molecule has 1 aliphatic rings. The molecule has 0 heterocycles. The Morgan fingerprint density at radius 2 is 1.21 bits per heavy atom. The van der Waals surface area contributed by atoms with Crippen molar-refractivity contribution in [1.29, 1.82) is 0 Å². The molecule has 3 heteroatoms. The monoisotopic (exact) mass is 682 g/mol. The molecule has 0 aromatic heterocycles. The van der Waals surface area contributed by atoms with E-state index in [2.05, 4.69) is 163 Å². The first kappa shape index (κ1) is 36.8. The zero-order chi connectivity index (χ0) is 29.4. The fourth-order valence-corrected chi connectivity index (χ4v) is 5.91. The Morgan fingerprint density at radius 1 is 0.744 bits per heavy atom. The SMILES string of the molecule is CCCC1[C-]=CC(C(C)(C)C)=C1.Cc1ccc2c(c1)[cH-]c1cc(C)ccc12.[Cl-].[Cl-].[Zr+2]=[C](c1ccccc1)c1ccccc1. The van der Waals surface area contributed by atoms with Crippen LogP contribution in [0.1, 0.15) is 62.8 Å². The van der Waals surface area contributed by atoms with Crippen LogP contribution in [0, 0.1) is 31.3 Å². The van der Waals surface area contributed by atoms with E-state index in [-0.39, 0.29) is 24.8 Å². The van der Waals surface area contributed by atoms with Crippen LogP contribution in [0.3, 0.4) is 0 Å². The number of rotatable bonds is 4. The summed E-state index contributed by atoms with van der Waals surface area (Å²) in [5.41, 5.74) is 7.06. The Hall–Kier alpha value is -2.44. The van der Waals surface area contributed by atoms with Crippen molar-refractivity contribution in [3.05, 3.63) is 149 Å². The number of halogens is 2. The van der Waals surface area contributed by atoms with Crippen LogP contribution in [0.25, 0.3) is 21.5 Å². The van der Waals surface area contributed by atoms with Gasteiger partial charge in [-0.2, -0.15) is 11.6 Å². The maximum absolute atomic E-state index is 3.40. The normalized spacial score (nSPS) is 13.6. The molecule has 0 radical (unpaired) electrons. The molecule has 43 heavy (non-hydrogen) atoms. The molecule has 0 spiro atoms. The van der Waals surface area contributed by atoms with E-state index in [1.54, 1.807) is 0 Å². The standard InChI is InChI=1S/C15H13.C13H10.C12H19.2ClH.Zr/c1-10-3-5-14-12(7-10)9-13-8-11(2)4-6-15(13)14;1-3-7-12(8-4-1)11-13-9-5-2-6-10-13;1-5-6-10-7-8-11(9-10)12(2,3)4;;;/h3-9H,1-2H3;1-10H;8-10H,5-6H2,1-4H3;2*1H;/q-1;;-1;;;+2/p-2. The predicted octanol–water partition coefficient (Wildman–Crippen LogP) is 4.89. The van der Waals surface area contributed by atoms with Crippen molar-refractivity contribution < 1.29 is 49.0 Å². The molecule has 0 saturated carbocycles. The van der Waals surface area contributed by atoms with Gasteiger partial charge in [0.2, 0.25) is 0 Å². The second-order valence-electron chi connectivity index (χ2n) is 12.0. The average Bonchev–Trinajstić information content (AvgIpc) is 3.58. The molecule has 222 valence electrons. The first-order chi connectivity index (χ1) is 19.7. The Kier molecular flexibility index (Phi) is 14.7. The molecule has 1 unspecified atom stereocenters. The van der Waals surface area contributed by atoms with E-state index < -0.39 is 0 Å². The fraction of sp³-hybridized carbons (Fsp3) is 0.250. The van der Waals surface area contributed by atoms with E-state index in [0.29, 0.717) is 11.3 Å². The maximum atomic E-state index is 3.40. The number of hydrogen-bond donors (Lipinski definition) is 0. The van der Waals surface area contributed by atoms with Crippen LogP contribution in [-0.2, 0) is 24.2 Å². The van der Waals surface area contributed by atoms with Crippen LogP contribution < -0.4 is 24.8 Å². The fourth-order valence-electron chi connectivity index (χ4n) is 5.09. The van der Waals surface area contributed by atoms with E-state index in [1.807, 2.05) is 0 Å². The number of allylic oxidation sites excluding steroid dienone is 4. The zero-order valence-corrected chi connectivity index (χ0v) is 30.2. The van der Waals surface area contributed by atoms with Gasteiger partial charge < -0.3 is 24.8 Å². The van der Waals surface area contributed by atoms with Crippen molar-refractivity contribution in [2.45, 2.75) is 54.4 Å². The summed E-state index contributed by atoms with van der Waals surface area (Å²) in [5.74, 6) is 0.587. The van der Waals surface area contributed by atoms with Gasteiger partial charge >= 0.3 is 99.2 Å². The molecule has 0 amide bonds. The number of benzene rings is 4. The number of hydrogen-bond acceptors (Lipinski definition) is 0. The van der Waals surface area contributed by atoms with Gasteiger partial charge in [-0.25, -0.2) is 6.08 Å². The summed E-state index contributed by atoms with van der Waals surface area (Å²) in [6.07, 6.45) is 10.4. The zero-order valence-electron chi connectivity index (χ0n) is 26.2. The second-order valence-corrected chi connectivity index (χ2v) is 13.2. The minimum atomic E-state index is 0. The molecular formula is C40H42Cl2Zr-2. The Labute approximate surface area is 286 Å². The molecule has 0 N–H and O–H groups in total. The Bertz CT molecular complexity index is 1550.